The molecule has 0 fully saturated rings. The molecule has 7 nitrogen and oxygen atoms in total. The Labute approximate surface area is 178 Å². The molecule has 1 aromatic carbocycles. The van der Waals surface area contributed by atoms with E-state index in [-0.39, 0.29) is 0 Å². The average Bonchev–Trinajstić information content (AvgIpc) is 3.29. The third kappa shape index (κ3) is 6.62. The predicted molar refractivity (Wildman–Crippen MR) is 119 cm³/mol. The van der Waals surface area contributed by atoms with Crippen molar-refractivity contribution in [1.29, 1.82) is 0 Å². The molecule has 0 spiro atoms. The summed E-state index contributed by atoms with van der Waals surface area (Å²) in [7, 11) is 0. The molecule has 2 N–H and O–H groups in total. The molecule has 30 heavy (non-hydrogen) atoms. The standard InChI is InChI=1S/C23H30N6O/c1-3-14-30-22-11-10-19(15-25-22)16-26-23(24-4-2)27-17-20-8-5-6-9-21(20)18-29-13-7-12-28-29/h5-13,15H,3-4,14,16-18H2,1-2H3,(H2,24,26,27). The van der Waals surface area contributed by atoms with Gasteiger partial charge < -0.3 is 15.4 Å². The van der Waals surface area contributed by atoms with Crippen LogP contribution in [0.5, 0.6) is 5.88 Å². The topological polar surface area (TPSA) is 76.4 Å². The number of aromatic nitrogens is 3. The van der Waals surface area contributed by atoms with E-state index in [1.54, 1.807) is 6.20 Å². The lowest BCUT2D eigenvalue weighted by Crippen LogP contribution is -2.37. The normalized spacial score (nSPS) is 11.3. The zero-order chi connectivity index (χ0) is 21.0. The lowest BCUT2D eigenvalue weighted by molar-refractivity contribution is 0.305. The highest BCUT2D eigenvalue weighted by molar-refractivity contribution is 5.79. The van der Waals surface area contributed by atoms with Crippen molar-refractivity contribution < 1.29 is 4.74 Å². The molecule has 3 rings (SSSR count). The van der Waals surface area contributed by atoms with Gasteiger partial charge in [0.1, 0.15) is 0 Å². The van der Waals surface area contributed by atoms with E-state index in [1.165, 1.54) is 11.1 Å². The number of rotatable bonds is 10. The quantitative estimate of drug-likeness (QED) is 0.399. The third-order valence-electron chi connectivity index (χ3n) is 4.47. The van der Waals surface area contributed by atoms with Crippen LogP contribution in [0.15, 0.2) is 66.0 Å². The highest BCUT2D eigenvalue weighted by atomic mass is 16.5. The van der Waals surface area contributed by atoms with E-state index in [0.717, 1.165) is 31.0 Å². The van der Waals surface area contributed by atoms with Crippen molar-refractivity contribution >= 4 is 5.96 Å². The van der Waals surface area contributed by atoms with Crippen molar-refractivity contribution in [3.63, 3.8) is 0 Å². The number of hydrogen-bond acceptors (Lipinski definition) is 4. The van der Waals surface area contributed by atoms with Gasteiger partial charge in [-0.25, -0.2) is 9.98 Å². The van der Waals surface area contributed by atoms with E-state index in [9.17, 15) is 0 Å². The van der Waals surface area contributed by atoms with Gasteiger partial charge in [0.05, 0.1) is 19.7 Å². The van der Waals surface area contributed by atoms with Crippen molar-refractivity contribution in [2.75, 3.05) is 13.2 Å². The van der Waals surface area contributed by atoms with Gasteiger partial charge >= 0.3 is 0 Å². The largest absolute Gasteiger partial charge is 0.478 e. The van der Waals surface area contributed by atoms with Crippen LogP contribution in [0.2, 0.25) is 0 Å². The summed E-state index contributed by atoms with van der Waals surface area (Å²) in [5.74, 6) is 1.43. The van der Waals surface area contributed by atoms with Gasteiger partial charge in [-0.15, -0.1) is 0 Å². The highest BCUT2D eigenvalue weighted by Crippen LogP contribution is 2.11. The zero-order valence-corrected chi connectivity index (χ0v) is 17.7. The summed E-state index contributed by atoms with van der Waals surface area (Å²) >= 11 is 0. The molecular formula is C23H30N6O. The number of hydrogen-bond donors (Lipinski definition) is 2. The van der Waals surface area contributed by atoms with Gasteiger partial charge in [-0.05, 0) is 36.1 Å². The summed E-state index contributed by atoms with van der Waals surface area (Å²) in [6.07, 6.45) is 6.56. The Morgan fingerprint density at radius 2 is 1.93 bits per heavy atom. The average molecular weight is 407 g/mol. The first-order valence-electron chi connectivity index (χ1n) is 10.4. The maximum absolute atomic E-state index is 5.53. The molecule has 0 amide bonds. The van der Waals surface area contributed by atoms with E-state index in [4.69, 9.17) is 9.73 Å². The zero-order valence-electron chi connectivity index (χ0n) is 17.7. The summed E-state index contributed by atoms with van der Waals surface area (Å²) in [5, 5.41) is 11.0. The molecule has 2 aromatic heterocycles. The van der Waals surface area contributed by atoms with Crippen molar-refractivity contribution in [3.05, 3.63) is 77.7 Å². The maximum Gasteiger partial charge on any atom is 0.213 e. The monoisotopic (exact) mass is 406 g/mol. The molecule has 0 radical (unpaired) electrons. The minimum Gasteiger partial charge on any atom is -0.478 e. The van der Waals surface area contributed by atoms with Crippen LogP contribution in [-0.2, 0) is 19.6 Å². The predicted octanol–water partition coefficient (Wildman–Crippen LogP) is 3.37. The maximum atomic E-state index is 5.53. The molecule has 0 saturated carbocycles. The third-order valence-corrected chi connectivity index (χ3v) is 4.47. The molecule has 0 unspecified atom stereocenters. The molecule has 0 aliphatic carbocycles. The fourth-order valence-electron chi connectivity index (χ4n) is 2.94. The van der Waals surface area contributed by atoms with Crippen LogP contribution >= 0.6 is 0 Å². The smallest absolute Gasteiger partial charge is 0.213 e. The van der Waals surface area contributed by atoms with Crippen LogP contribution in [0.25, 0.3) is 0 Å². The number of nitrogens with one attached hydrogen (secondary N) is 2. The van der Waals surface area contributed by atoms with Crippen LogP contribution < -0.4 is 15.4 Å². The molecule has 0 saturated heterocycles. The van der Waals surface area contributed by atoms with E-state index < -0.39 is 0 Å². The molecule has 0 aliphatic rings. The van der Waals surface area contributed by atoms with Crippen molar-refractivity contribution in [3.8, 4) is 5.88 Å². The number of pyridine rings is 1. The van der Waals surface area contributed by atoms with Gasteiger partial charge in [-0.1, -0.05) is 37.3 Å². The Morgan fingerprint density at radius 1 is 1.07 bits per heavy atom. The molecule has 0 atom stereocenters. The number of benzene rings is 1. The number of nitrogens with zero attached hydrogens (tertiary/aromatic N) is 4. The van der Waals surface area contributed by atoms with Gasteiger partial charge in [-0.2, -0.15) is 5.10 Å². The summed E-state index contributed by atoms with van der Waals surface area (Å²) in [6, 6.07) is 14.2. The van der Waals surface area contributed by atoms with Gasteiger partial charge in [0, 0.05) is 37.7 Å². The first kappa shape index (κ1) is 21.4. The van der Waals surface area contributed by atoms with Gasteiger partial charge in [-0.3, -0.25) is 4.68 Å². The Hall–Kier alpha value is -3.35. The van der Waals surface area contributed by atoms with Crippen molar-refractivity contribution in [2.24, 2.45) is 4.99 Å². The van der Waals surface area contributed by atoms with Gasteiger partial charge in [0.15, 0.2) is 5.96 Å². The fraction of sp³-hybridized carbons (Fsp3) is 0.348. The van der Waals surface area contributed by atoms with Crippen LogP contribution in [0, 0.1) is 0 Å². The highest BCUT2D eigenvalue weighted by Gasteiger charge is 2.05. The van der Waals surface area contributed by atoms with Crippen LogP contribution in [0.3, 0.4) is 0 Å². The van der Waals surface area contributed by atoms with E-state index >= 15 is 0 Å². The van der Waals surface area contributed by atoms with Gasteiger partial charge in [0.2, 0.25) is 5.88 Å². The molecule has 7 heteroatoms. The molecule has 3 aromatic rings. The van der Waals surface area contributed by atoms with E-state index in [1.807, 2.05) is 35.3 Å². The molecular weight excluding hydrogens is 376 g/mol. The van der Waals surface area contributed by atoms with Crippen molar-refractivity contribution in [2.45, 2.75) is 39.9 Å². The lowest BCUT2D eigenvalue weighted by atomic mass is 10.1. The van der Waals surface area contributed by atoms with Crippen LogP contribution in [-0.4, -0.2) is 33.9 Å². The SMILES string of the molecule is CCCOc1ccc(CN=C(NCC)NCc2ccccc2Cn2cccn2)cn1. The minimum absolute atomic E-state index is 0.547. The number of ether oxygens (including phenoxy) is 1. The summed E-state index contributed by atoms with van der Waals surface area (Å²) in [5.41, 5.74) is 3.49. The second kappa shape index (κ2) is 11.6. The Balaban J connectivity index is 1.60. The molecule has 158 valence electrons. The number of aliphatic imine (C=N–C) groups is 1. The first-order chi connectivity index (χ1) is 14.8. The Kier molecular flexibility index (Phi) is 8.26. The van der Waals surface area contributed by atoms with Crippen molar-refractivity contribution in [1.82, 2.24) is 25.4 Å². The molecule has 0 aliphatic heterocycles. The van der Waals surface area contributed by atoms with Gasteiger partial charge in [0.25, 0.3) is 0 Å². The second-order valence-corrected chi connectivity index (χ2v) is 6.87. The first-order valence-corrected chi connectivity index (χ1v) is 10.4. The van der Waals surface area contributed by atoms with E-state index in [0.29, 0.717) is 25.6 Å². The van der Waals surface area contributed by atoms with Crippen LogP contribution in [0.1, 0.15) is 37.0 Å². The van der Waals surface area contributed by atoms with E-state index in [2.05, 4.69) is 58.8 Å². The van der Waals surface area contributed by atoms with Crippen LogP contribution in [0.4, 0.5) is 0 Å². The Morgan fingerprint density at radius 3 is 2.63 bits per heavy atom. The summed E-state index contributed by atoms with van der Waals surface area (Å²) in [6.45, 7) is 7.59. The summed E-state index contributed by atoms with van der Waals surface area (Å²) < 4.78 is 7.46. The number of guanidine groups is 1. The second-order valence-electron chi connectivity index (χ2n) is 6.87. The Bertz CT molecular complexity index is 906. The lowest BCUT2D eigenvalue weighted by Gasteiger charge is -2.14. The summed E-state index contributed by atoms with van der Waals surface area (Å²) in [4.78, 5) is 9.03. The fourth-order valence-corrected chi connectivity index (χ4v) is 2.94. The minimum atomic E-state index is 0.547. The molecule has 2 heterocycles. The molecule has 0 bridgehead atoms.